The fourth-order valence-corrected chi connectivity index (χ4v) is 2.19. The van der Waals surface area contributed by atoms with E-state index in [1.165, 1.54) is 24.3 Å². The number of halogens is 1. The van der Waals surface area contributed by atoms with Crippen LogP contribution in [0.1, 0.15) is 10.4 Å². The first kappa shape index (κ1) is 16.4. The Morgan fingerprint density at radius 2 is 1.84 bits per heavy atom. The van der Waals surface area contributed by atoms with Crippen LogP contribution in [0.15, 0.2) is 66.9 Å². The molecule has 3 aromatic rings. The molecule has 0 radical (unpaired) electrons. The minimum atomic E-state index is -0.383. The van der Waals surface area contributed by atoms with E-state index in [2.05, 4.69) is 15.6 Å². The van der Waals surface area contributed by atoms with Crippen LogP contribution in [0.25, 0.3) is 0 Å². The molecule has 0 aliphatic heterocycles. The normalized spacial score (nSPS) is 10.2. The summed E-state index contributed by atoms with van der Waals surface area (Å²) in [7, 11) is 1.61. The maximum Gasteiger partial charge on any atom is 0.255 e. The van der Waals surface area contributed by atoms with Gasteiger partial charge in [-0.25, -0.2) is 9.37 Å². The third-order valence-corrected chi connectivity index (χ3v) is 3.47. The highest BCUT2D eigenvalue weighted by Gasteiger charge is 2.06. The Balaban J connectivity index is 1.65. The predicted molar refractivity (Wildman–Crippen MR) is 94.9 cm³/mol. The number of carbonyl (C=O) groups is 1. The quantitative estimate of drug-likeness (QED) is 0.731. The van der Waals surface area contributed by atoms with Crippen LogP contribution in [0, 0.1) is 5.82 Å². The lowest BCUT2D eigenvalue weighted by molar-refractivity contribution is 0.102. The van der Waals surface area contributed by atoms with Crippen LogP contribution >= 0.6 is 0 Å². The molecule has 25 heavy (non-hydrogen) atoms. The lowest BCUT2D eigenvalue weighted by atomic mass is 10.2. The van der Waals surface area contributed by atoms with Gasteiger partial charge in [0.25, 0.3) is 5.91 Å². The zero-order chi connectivity index (χ0) is 17.6. The molecule has 0 spiro atoms. The Kier molecular flexibility index (Phi) is 4.89. The smallest absolute Gasteiger partial charge is 0.255 e. The highest BCUT2D eigenvalue weighted by atomic mass is 19.1. The van der Waals surface area contributed by atoms with Crippen molar-refractivity contribution in [3.05, 3.63) is 78.2 Å². The van der Waals surface area contributed by atoms with E-state index in [9.17, 15) is 9.18 Å². The van der Waals surface area contributed by atoms with Crippen LogP contribution < -0.4 is 15.4 Å². The molecule has 3 rings (SSSR count). The molecule has 0 unspecified atom stereocenters. The third-order valence-electron chi connectivity index (χ3n) is 3.47. The van der Waals surface area contributed by atoms with Crippen molar-refractivity contribution in [3.8, 4) is 5.75 Å². The van der Waals surface area contributed by atoms with Crippen LogP contribution in [0.4, 0.5) is 21.6 Å². The predicted octanol–water partition coefficient (Wildman–Crippen LogP) is 4.23. The van der Waals surface area contributed by atoms with Gasteiger partial charge in [0.15, 0.2) is 0 Å². The maximum atomic E-state index is 12.9. The Hall–Kier alpha value is -3.41. The minimum Gasteiger partial charge on any atom is -0.497 e. The largest absolute Gasteiger partial charge is 0.497 e. The number of benzene rings is 2. The Labute approximate surface area is 144 Å². The number of ether oxygens (including phenoxy) is 1. The molecule has 0 saturated carbocycles. The van der Waals surface area contributed by atoms with Gasteiger partial charge in [-0.2, -0.15) is 0 Å². The van der Waals surface area contributed by atoms with Crippen molar-refractivity contribution in [3.63, 3.8) is 0 Å². The number of hydrogen-bond acceptors (Lipinski definition) is 4. The van der Waals surface area contributed by atoms with E-state index in [1.54, 1.807) is 25.4 Å². The van der Waals surface area contributed by atoms with E-state index in [1.807, 2.05) is 24.3 Å². The molecule has 1 amide bonds. The van der Waals surface area contributed by atoms with Crippen molar-refractivity contribution < 1.29 is 13.9 Å². The molecule has 0 aliphatic rings. The summed E-state index contributed by atoms with van der Waals surface area (Å²) in [4.78, 5) is 16.3. The summed E-state index contributed by atoms with van der Waals surface area (Å²) in [5.41, 5.74) is 1.76. The summed E-state index contributed by atoms with van der Waals surface area (Å²) in [5.74, 6) is 0.669. The monoisotopic (exact) mass is 337 g/mol. The molecule has 0 aliphatic carbocycles. The third kappa shape index (κ3) is 4.32. The van der Waals surface area contributed by atoms with Crippen LogP contribution in [-0.2, 0) is 0 Å². The van der Waals surface area contributed by atoms with Gasteiger partial charge >= 0.3 is 0 Å². The zero-order valence-corrected chi connectivity index (χ0v) is 13.5. The molecule has 2 aromatic carbocycles. The molecule has 126 valence electrons. The fraction of sp³-hybridized carbons (Fsp3) is 0.0526. The van der Waals surface area contributed by atoms with Gasteiger partial charge in [0.2, 0.25) is 0 Å². The molecule has 0 bridgehead atoms. The first-order chi connectivity index (χ1) is 12.1. The number of aromatic nitrogens is 1. The number of nitrogens with zero attached hydrogens (tertiary/aromatic N) is 1. The number of methoxy groups -OCH3 is 1. The highest BCUT2D eigenvalue weighted by molar-refractivity contribution is 6.04. The van der Waals surface area contributed by atoms with Gasteiger partial charge < -0.3 is 15.4 Å². The van der Waals surface area contributed by atoms with E-state index in [0.717, 1.165) is 11.4 Å². The minimum absolute atomic E-state index is 0.324. The number of nitrogens with one attached hydrogen (secondary N) is 2. The summed E-state index contributed by atoms with van der Waals surface area (Å²) in [6.07, 6.45) is 1.55. The summed E-state index contributed by atoms with van der Waals surface area (Å²) in [6.45, 7) is 0. The first-order valence-corrected chi connectivity index (χ1v) is 7.58. The van der Waals surface area contributed by atoms with Gasteiger partial charge in [0.05, 0.1) is 19.0 Å². The summed E-state index contributed by atoms with van der Waals surface area (Å²) < 4.78 is 18.1. The Morgan fingerprint density at radius 3 is 2.52 bits per heavy atom. The van der Waals surface area contributed by atoms with E-state index in [-0.39, 0.29) is 11.7 Å². The van der Waals surface area contributed by atoms with Crippen molar-refractivity contribution in [2.24, 2.45) is 0 Å². The van der Waals surface area contributed by atoms with Crippen molar-refractivity contribution in [2.75, 3.05) is 17.7 Å². The number of hydrogen-bond donors (Lipinski definition) is 2. The molecule has 2 N–H and O–H groups in total. The zero-order valence-electron chi connectivity index (χ0n) is 13.5. The molecular weight excluding hydrogens is 321 g/mol. The van der Waals surface area contributed by atoms with Gasteiger partial charge in [-0.1, -0.05) is 6.07 Å². The number of rotatable bonds is 5. The highest BCUT2D eigenvalue weighted by Crippen LogP contribution is 2.21. The van der Waals surface area contributed by atoms with E-state index >= 15 is 0 Å². The number of anilines is 3. The second-order valence-electron chi connectivity index (χ2n) is 5.25. The molecule has 0 atom stereocenters. The second-order valence-corrected chi connectivity index (χ2v) is 5.25. The van der Waals surface area contributed by atoms with Gasteiger partial charge in [0, 0.05) is 17.3 Å². The fourth-order valence-electron chi connectivity index (χ4n) is 2.19. The van der Waals surface area contributed by atoms with Crippen LogP contribution in [-0.4, -0.2) is 18.0 Å². The topological polar surface area (TPSA) is 63.2 Å². The van der Waals surface area contributed by atoms with E-state index in [0.29, 0.717) is 17.1 Å². The molecule has 6 heteroatoms. The van der Waals surface area contributed by atoms with Crippen LogP contribution in [0.3, 0.4) is 0 Å². The lowest BCUT2D eigenvalue weighted by Crippen LogP contribution is -2.12. The van der Waals surface area contributed by atoms with Crippen molar-refractivity contribution in [2.45, 2.75) is 0 Å². The van der Waals surface area contributed by atoms with Crippen molar-refractivity contribution in [1.29, 1.82) is 0 Å². The van der Waals surface area contributed by atoms with Gasteiger partial charge in [0.1, 0.15) is 17.4 Å². The molecule has 1 heterocycles. The van der Waals surface area contributed by atoms with Crippen LogP contribution in [0.5, 0.6) is 5.75 Å². The average molecular weight is 337 g/mol. The number of carbonyl (C=O) groups excluding carboxylic acids is 1. The van der Waals surface area contributed by atoms with E-state index in [4.69, 9.17) is 4.74 Å². The number of amides is 1. The number of pyridine rings is 1. The Bertz CT molecular complexity index is 865. The van der Waals surface area contributed by atoms with Gasteiger partial charge in [-0.05, 0) is 48.5 Å². The average Bonchev–Trinajstić information content (AvgIpc) is 2.64. The van der Waals surface area contributed by atoms with Gasteiger partial charge in [-0.3, -0.25) is 4.79 Å². The van der Waals surface area contributed by atoms with E-state index < -0.39 is 0 Å². The Morgan fingerprint density at radius 1 is 1.04 bits per heavy atom. The lowest BCUT2D eigenvalue weighted by Gasteiger charge is -2.09. The maximum absolute atomic E-state index is 12.9. The van der Waals surface area contributed by atoms with Gasteiger partial charge in [-0.15, -0.1) is 0 Å². The van der Waals surface area contributed by atoms with Crippen molar-refractivity contribution in [1.82, 2.24) is 4.98 Å². The molecule has 1 aromatic heterocycles. The molecule has 5 nitrogen and oxygen atoms in total. The summed E-state index contributed by atoms with van der Waals surface area (Å²) in [6, 6.07) is 16.3. The standard InChI is InChI=1S/C19H16FN3O2/c1-25-17-4-2-3-15(11-17)22-18-10-9-16(12-21-18)23-19(24)13-5-7-14(20)8-6-13/h2-12H,1H3,(H,21,22)(H,23,24). The molecule has 0 saturated heterocycles. The SMILES string of the molecule is COc1cccc(Nc2ccc(NC(=O)c3ccc(F)cc3)cn2)c1. The summed E-state index contributed by atoms with van der Waals surface area (Å²) in [5, 5.41) is 5.87. The van der Waals surface area contributed by atoms with Crippen molar-refractivity contribution >= 4 is 23.1 Å². The molecular formula is C19H16FN3O2. The second kappa shape index (κ2) is 7.44. The first-order valence-electron chi connectivity index (χ1n) is 7.58. The molecule has 0 fully saturated rings. The van der Waals surface area contributed by atoms with Crippen LogP contribution in [0.2, 0.25) is 0 Å². The summed E-state index contributed by atoms with van der Waals surface area (Å²) >= 11 is 0.